The fraction of sp³-hybridized carbons (Fsp3) is 0.769. The first-order valence-electron chi connectivity index (χ1n) is 6.85. The van der Waals surface area contributed by atoms with E-state index < -0.39 is 0 Å². The van der Waals surface area contributed by atoms with Gasteiger partial charge in [-0.1, -0.05) is 13.8 Å². The molecule has 0 radical (unpaired) electrons. The Bertz CT molecular complexity index is 354. The van der Waals surface area contributed by atoms with E-state index in [4.69, 9.17) is 4.98 Å². The van der Waals surface area contributed by atoms with E-state index in [0.29, 0.717) is 0 Å². The largest absolute Gasteiger partial charge is 0.346 e. The maximum Gasteiger partial charge on any atom is 0.185 e. The molecule has 1 N–H and O–H groups in total. The molecule has 0 saturated carbocycles. The normalized spacial score (nSPS) is 20.3. The number of anilines is 1. The van der Waals surface area contributed by atoms with Gasteiger partial charge in [-0.15, -0.1) is 11.3 Å². The lowest BCUT2D eigenvalue weighted by atomic mass is 10.3. The van der Waals surface area contributed by atoms with Crippen molar-refractivity contribution >= 4 is 28.2 Å². The van der Waals surface area contributed by atoms with Crippen molar-refractivity contribution in [1.29, 1.82) is 0 Å². The molecule has 5 heteroatoms. The number of hydrogen-bond donors (Lipinski definition) is 1. The summed E-state index contributed by atoms with van der Waals surface area (Å²) in [7, 11) is 0. The predicted octanol–water partition coefficient (Wildman–Crippen LogP) is 2.97. The zero-order valence-electron chi connectivity index (χ0n) is 11.3. The number of rotatable bonds is 6. The van der Waals surface area contributed by atoms with Gasteiger partial charge in [0.2, 0.25) is 0 Å². The van der Waals surface area contributed by atoms with E-state index >= 15 is 0 Å². The van der Waals surface area contributed by atoms with Crippen molar-refractivity contribution in [3.8, 4) is 0 Å². The van der Waals surface area contributed by atoms with Crippen molar-refractivity contribution < 1.29 is 0 Å². The molecule has 0 aliphatic carbocycles. The van der Waals surface area contributed by atoms with Gasteiger partial charge in [-0.05, 0) is 19.4 Å². The summed E-state index contributed by atoms with van der Waals surface area (Å²) in [5, 5.41) is 7.60. The molecule has 1 saturated heterocycles. The number of aromatic nitrogens is 1. The van der Waals surface area contributed by atoms with E-state index in [9.17, 15) is 0 Å². The standard InChI is InChI=1S/C13H23N3S2/c1-3-5-14-8-11-10-18-13(15-11)16-6-7-17-12(4-2)9-16/h10,12,14H,3-9H2,1-2H3. The van der Waals surface area contributed by atoms with E-state index in [1.165, 1.54) is 29.4 Å². The van der Waals surface area contributed by atoms with Crippen LogP contribution in [0.5, 0.6) is 0 Å². The highest BCUT2D eigenvalue weighted by molar-refractivity contribution is 8.00. The highest BCUT2D eigenvalue weighted by Gasteiger charge is 2.21. The van der Waals surface area contributed by atoms with Crippen LogP contribution >= 0.6 is 23.1 Å². The zero-order valence-corrected chi connectivity index (χ0v) is 12.9. The maximum absolute atomic E-state index is 4.75. The molecule has 0 amide bonds. The molecule has 1 fully saturated rings. The van der Waals surface area contributed by atoms with Gasteiger partial charge in [-0.3, -0.25) is 0 Å². The summed E-state index contributed by atoms with van der Waals surface area (Å²) in [6.45, 7) is 8.77. The molecule has 2 heterocycles. The first-order valence-corrected chi connectivity index (χ1v) is 8.78. The van der Waals surface area contributed by atoms with E-state index in [1.807, 2.05) is 0 Å². The van der Waals surface area contributed by atoms with Crippen LogP contribution in [0.1, 0.15) is 32.4 Å². The Morgan fingerprint density at radius 1 is 1.50 bits per heavy atom. The highest BCUT2D eigenvalue weighted by atomic mass is 32.2. The molecule has 1 aliphatic rings. The molecule has 18 heavy (non-hydrogen) atoms. The van der Waals surface area contributed by atoms with Crippen molar-refractivity contribution in [2.24, 2.45) is 0 Å². The molecule has 1 aromatic rings. The van der Waals surface area contributed by atoms with Crippen molar-refractivity contribution in [3.63, 3.8) is 0 Å². The van der Waals surface area contributed by atoms with Crippen molar-refractivity contribution in [1.82, 2.24) is 10.3 Å². The summed E-state index contributed by atoms with van der Waals surface area (Å²) in [5.41, 5.74) is 1.19. The van der Waals surface area contributed by atoms with E-state index in [1.54, 1.807) is 11.3 Å². The zero-order chi connectivity index (χ0) is 12.8. The molecule has 1 atom stereocenters. The molecule has 0 aromatic carbocycles. The van der Waals surface area contributed by atoms with Gasteiger partial charge in [-0.25, -0.2) is 4.98 Å². The summed E-state index contributed by atoms with van der Waals surface area (Å²) in [4.78, 5) is 7.20. The minimum absolute atomic E-state index is 0.782. The highest BCUT2D eigenvalue weighted by Crippen LogP contribution is 2.28. The molecule has 3 nitrogen and oxygen atoms in total. The number of thiazole rings is 1. The monoisotopic (exact) mass is 285 g/mol. The molecule has 0 bridgehead atoms. The Morgan fingerprint density at radius 3 is 3.17 bits per heavy atom. The van der Waals surface area contributed by atoms with Crippen LogP contribution in [0.3, 0.4) is 0 Å². The molecule has 1 aromatic heterocycles. The third-order valence-electron chi connectivity index (χ3n) is 3.14. The summed E-state index contributed by atoms with van der Waals surface area (Å²) in [5.74, 6) is 1.24. The molecule has 1 unspecified atom stereocenters. The smallest absolute Gasteiger partial charge is 0.185 e. The lowest BCUT2D eigenvalue weighted by Crippen LogP contribution is -2.37. The second-order valence-corrected chi connectivity index (χ2v) is 6.89. The Morgan fingerprint density at radius 2 is 2.39 bits per heavy atom. The maximum atomic E-state index is 4.75. The van der Waals surface area contributed by atoms with E-state index in [2.05, 4.69) is 41.2 Å². The van der Waals surface area contributed by atoms with Gasteiger partial charge in [0.15, 0.2) is 5.13 Å². The van der Waals surface area contributed by atoms with Gasteiger partial charge < -0.3 is 10.2 Å². The summed E-state index contributed by atoms with van der Waals surface area (Å²) in [6.07, 6.45) is 2.44. The number of hydrogen-bond acceptors (Lipinski definition) is 5. The van der Waals surface area contributed by atoms with Crippen LogP contribution in [0, 0.1) is 0 Å². The van der Waals surface area contributed by atoms with Crippen LogP contribution in [0.25, 0.3) is 0 Å². The summed E-state index contributed by atoms with van der Waals surface area (Å²) >= 11 is 3.90. The SMILES string of the molecule is CCCNCc1csc(N2CCSC(CC)C2)n1. The van der Waals surface area contributed by atoms with Crippen LogP contribution in [-0.4, -0.2) is 35.6 Å². The first kappa shape index (κ1) is 14.2. The van der Waals surface area contributed by atoms with Gasteiger partial charge in [0, 0.05) is 36.0 Å². The van der Waals surface area contributed by atoms with Gasteiger partial charge >= 0.3 is 0 Å². The van der Waals surface area contributed by atoms with Gasteiger partial charge in [0.25, 0.3) is 0 Å². The van der Waals surface area contributed by atoms with Gasteiger partial charge in [0.05, 0.1) is 5.69 Å². The first-order chi connectivity index (χ1) is 8.83. The third kappa shape index (κ3) is 3.87. The fourth-order valence-electron chi connectivity index (χ4n) is 2.06. The molecule has 1 aliphatic heterocycles. The Kier molecular flexibility index (Phi) is 5.79. The number of nitrogens with zero attached hydrogens (tertiary/aromatic N) is 2. The van der Waals surface area contributed by atoms with E-state index in [0.717, 1.165) is 31.4 Å². The minimum Gasteiger partial charge on any atom is -0.346 e. The van der Waals surface area contributed by atoms with Crippen LogP contribution in [0.2, 0.25) is 0 Å². The average Bonchev–Trinajstić information content (AvgIpc) is 2.88. The number of thioether (sulfide) groups is 1. The topological polar surface area (TPSA) is 28.2 Å². The lowest BCUT2D eigenvalue weighted by molar-refractivity contribution is 0.664. The molecular weight excluding hydrogens is 262 g/mol. The molecular formula is C13H23N3S2. The molecule has 0 spiro atoms. The fourth-order valence-corrected chi connectivity index (χ4v) is 4.10. The second kappa shape index (κ2) is 7.36. The third-order valence-corrected chi connectivity index (χ3v) is 5.46. The quantitative estimate of drug-likeness (QED) is 0.813. The molecule has 102 valence electrons. The van der Waals surface area contributed by atoms with Crippen molar-refractivity contribution in [2.75, 3.05) is 30.3 Å². The Balaban J connectivity index is 1.88. The second-order valence-electron chi connectivity index (χ2n) is 4.65. The van der Waals surface area contributed by atoms with E-state index in [-0.39, 0.29) is 0 Å². The average molecular weight is 285 g/mol. The van der Waals surface area contributed by atoms with Crippen molar-refractivity contribution in [2.45, 2.75) is 38.5 Å². The lowest BCUT2D eigenvalue weighted by Gasteiger charge is -2.31. The van der Waals surface area contributed by atoms with Crippen LogP contribution < -0.4 is 10.2 Å². The van der Waals surface area contributed by atoms with Crippen LogP contribution in [-0.2, 0) is 6.54 Å². The van der Waals surface area contributed by atoms with Gasteiger partial charge in [0.1, 0.15) is 0 Å². The predicted molar refractivity (Wildman–Crippen MR) is 82.9 cm³/mol. The van der Waals surface area contributed by atoms with Crippen molar-refractivity contribution in [3.05, 3.63) is 11.1 Å². The minimum atomic E-state index is 0.782. The Labute approximate surface area is 118 Å². The Hall–Kier alpha value is -0.260. The van der Waals surface area contributed by atoms with Gasteiger partial charge in [-0.2, -0.15) is 11.8 Å². The van der Waals surface area contributed by atoms with Crippen LogP contribution in [0.4, 0.5) is 5.13 Å². The molecule has 2 rings (SSSR count). The van der Waals surface area contributed by atoms with Crippen LogP contribution in [0.15, 0.2) is 5.38 Å². The number of nitrogens with one attached hydrogen (secondary N) is 1. The summed E-state index contributed by atoms with van der Waals surface area (Å²) < 4.78 is 0. The summed E-state index contributed by atoms with van der Waals surface area (Å²) in [6, 6.07) is 0.